The molecule has 0 aliphatic heterocycles. The lowest BCUT2D eigenvalue weighted by Crippen LogP contribution is -2.27. The van der Waals surface area contributed by atoms with E-state index in [1.165, 1.54) is 0 Å². The third kappa shape index (κ3) is 2.69. The first-order valence-electron chi connectivity index (χ1n) is 5.81. The number of rotatable bonds is 3. The summed E-state index contributed by atoms with van der Waals surface area (Å²) in [4.78, 5) is 4.09. The Morgan fingerprint density at radius 3 is 2.89 bits per heavy atom. The van der Waals surface area contributed by atoms with Crippen molar-refractivity contribution >= 4 is 17.3 Å². The molecule has 0 amide bonds. The number of hydrogen-bond acceptors (Lipinski definition) is 3. The van der Waals surface area contributed by atoms with Crippen LogP contribution in [0.1, 0.15) is 24.1 Å². The van der Waals surface area contributed by atoms with Gasteiger partial charge >= 0.3 is 0 Å². The second kappa shape index (κ2) is 5.28. The molecule has 2 heterocycles. The van der Waals surface area contributed by atoms with Gasteiger partial charge in [-0.15, -0.1) is 0 Å². The highest BCUT2D eigenvalue weighted by molar-refractivity contribution is 6.30. The monoisotopic (exact) mass is 274 g/mol. The summed E-state index contributed by atoms with van der Waals surface area (Å²) in [5.41, 5.74) is 7.85. The van der Waals surface area contributed by atoms with Gasteiger partial charge in [-0.25, -0.2) is 0 Å². The van der Waals surface area contributed by atoms with Crippen LogP contribution in [0.5, 0.6) is 0 Å². The molecule has 2 aromatic heterocycles. The van der Waals surface area contributed by atoms with E-state index in [1.54, 1.807) is 29.2 Å². The molecule has 2 rings (SSSR count). The SMILES string of the molecule is C=C(N)c1cc(Cl)cn(C(C)c2cccnc2)c1=N. The Labute approximate surface area is 116 Å². The first-order chi connectivity index (χ1) is 9.00. The lowest BCUT2D eigenvalue weighted by atomic mass is 10.1. The van der Waals surface area contributed by atoms with Gasteiger partial charge in [-0.2, -0.15) is 0 Å². The fraction of sp³-hybridized carbons (Fsp3) is 0.143. The van der Waals surface area contributed by atoms with Gasteiger partial charge in [0.25, 0.3) is 0 Å². The fourth-order valence-electron chi connectivity index (χ4n) is 1.91. The lowest BCUT2D eigenvalue weighted by molar-refractivity contribution is 0.596. The van der Waals surface area contributed by atoms with E-state index in [1.807, 2.05) is 19.1 Å². The Hall–Kier alpha value is -2.07. The van der Waals surface area contributed by atoms with Gasteiger partial charge in [0.05, 0.1) is 11.1 Å². The number of halogens is 1. The zero-order chi connectivity index (χ0) is 14.0. The number of nitrogens with zero attached hydrogens (tertiary/aromatic N) is 2. The number of hydrogen-bond donors (Lipinski definition) is 2. The largest absolute Gasteiger partial charge is 0.399 e. The molecule has 0 saturated carbocycles. The number of pyridine rings is 2. The highest BCUT2D eigenvalue weighted by Crippen LogP contribution is 2.18. The van der Waals surface area contributed by atoms with Crippen LogP contribution in [0.3, 0.4) is 0 Å². The molecule has 5 heteroatoms. The van der Waals surface area contributed by atoms with Gasteiger partial charge < -0.3 is 10.3 Å². The summed E-state index contributed by atoms with van der Waals surface area (Å²) in [6.45, 7) is 5.65. The predicted molar refractivity (Wildman–Crippen MR) is 76.6 cm³/mol. The molecular formula is C14H15ClN4. The highest BCUT2D eigenvalue weighted by atomic mass is 35.5. The first-order valence-corrected chi connectivity index (χ1v) is 6.19. The van der Waals surface area contributed by atoms with Gasteiger partial charge in [0.2, 0.25) is 0 Å². The van der Waals surface area contributed by atoms with Crippen molar-refractivity contribution in [3.05, 3.63) is 65.0 Å². The number of aromatic nitrogens is 2. The normalized spacial score (nSPS) is 12.1. The van der Waals surface area contributed by atoms with Crippen LogP contribution in [-0.2, 0) is 0 Å². The molecule has 0 bridgehead atoms. The Balaban J connectivity index is 2.57. The maximum Gasteiger partial charge on any atom is 0.134 e. The van der Waals surface area contributed by atoms with Crippen molar-refractivity contribution in [3.63, 3.8) is 0 Å². The summed E-state index contributed by atoms with van der Waals surface area (Å²) in [6, 6.07) is 5.42. The van der Waals surface area contributed by atoms with Gasteiger partial charge in [-0.1, -0.05) is 24.2 Å². The molecule has 4 nitrogen and oxygen atoms in total. The average Bonchev–Trinajstić information content (AvgIpc) is 2.41. The van der Waals surface area contributed by atoms with Crippen LogP contribution in [0.4, 0.5) is 0 Å². The van der Waals surface area contributed by atoms with E-state index in [-0.39, 0.29) is 11.5 Å². The molecule has 0 aromatic carbocycles. The maximum absolute atomic E-state index is 8.20. The van der Waals surface area contributed by atoms with Crippen molar-refractivity contribution in [2.45, 2.75) is 13.0 Å². The van der Waals surface area contributed by atoms with Gasteiger partial charge in [-0.05, 0) is 24.6 Å². The first kappa shape index (κ1) is 13.4. The molecule has 1 unspecified atom stereocenters. The quantitative estimate of drug-likeness (QED) is 0.903. The van der Waals surface area contributed by atoms with Crippen LogP contribution < -0.4 is 11.2 Å². The smallest absolute Gasteiger partial charge is 0.134 e. The second-order valence-electron chi connectivity index (χ2n) is 4.32. The second-order valence-corrected chi connectivity index (χ2v) is 4.75. The number of nitrogens with one attached hydrogen (secondary N) is 1. The number of nitrogens with two attached hydrogens (primary N) is 1. The summed E-state index contributed by atoms with van der Waals surface area (Å²) in [6.07, 6.45) is 5.20. The van der Waals surface area contributed by atoms with Crippen LogP contribution in [0, 0.1) is 5.41 Å². The highest BCUT2D eigenvalue weighted by Gasteiger charge is 2.11. The van der Waals surface area contributed by atoms with Crippen LogP contribution in [0.2, 0.25) is 5.02 Å². The van der Waals surface area contributed by atoms with Crippen molar-refractivity contribution < 1.29 is 0 Å². The third-order valence-corrected chi connectivity index (χ3v) is 3.19. The molecule has 0 radical (unpaired) electrons. The lowest BCUT2D eigenvalue weighted by Gasteiger charge is -2.18. The summed E-state index contributed by atoms with van der Waals surface area (Å²) < 4.78 is 1.76. The van der Waals surface area contributed by atoms with Gasteiger partial charge in [0.15, 0.2) is 0 Å². The molecule has 98 valence electrons. The Morgan fingerprint density at radius 1 is 1.58 bits per heavy atom. The van der Waals surface area contributed by atoms with Crippen molar-refractivity contribution in [1.82, 2.24) is 9.55 Å². The zero-order valence-electron chi connectivity index (χ0n) is 10.6. The van der Waals surface area contributed by atoms with Crippen molar-refractivity contribution in [2.24, 2.45) is 5.73 Å². The zero-order valence-corrected chi connectivity index (χ0v) is 11.4. The summed E-state index contributed by atoms with van der Waals surface area (Å²) in [7, 11) is 0. The Kier molecular flexibility index (Phi) is 3.71. The van der Waals surface area contributed by atoms with E-state index in [4.69, 9.17) is 22.7 Å². The van der Waals surface area contributed by atoms with Crippen LogP contribution in [-0.4, -0.2) is 9.55 Å². The van der Waals surface area contributed by atoms with E-state index in [9.17, 15) is 0 Å². The summed E-state index contributed by atoms with van der Waals surface area (Å²) >= 11 is 6.08. The fourth-order valence-corrected chi connectivity index (χ4v) is 2.13. The van der Waals surface area contributed by atoms with Crippen molar-refractivity contribution in [3.8, 4) is 0 Å². The topological polar surface area (TPSA) is 67.7 Å². The van der Waals surface area contributed by atoms with Gasteiger partial charge in [0, 0.05) is 29.9 Å². The van der Waals surface area contributed by atoms with Crippen LogP contribution in [0.25, 0.3) is 5.70 Å². The summed E-state index contributed by atoms with van der Waals surface area (Å²) in [5.74, 6) is 0. The van der Waals surface area contributed by atoms with Crippen molar-refractivity contribution in [2.75, 3.05) is 0 Å². The Bertz CT molecular complexity index is 661. The molecular weight excluding hydrogens is 260 g/mol. The molecule has 3 N–H and O–H groups in total. The van der Waals surface area contributed by atoms with Crippen LogP contribution >= 0.6 is 11.6 Å². The van der Waals surface area contributed by atoms with Gasteiger partial charge in [0.1, 0.15) is 5.49 Å². The van der Waals surface area contributed by atoms with E-state index < -0.39 is 0 Å². The summed E-state index contributed by atoms with van der Waals surface area (Å²) in [5, 5.41) is 8.72. The molecule has 0 spiro atoms. The average molecular weight is 275 g/mol. The predicted octanol–water partition coefficient (Wildman–Crippen LogP) is 2.55. The molecule has 0 saturated heterocycles. The molecule has 19 heavy (non-hydrogen) atoms. The minimum Gasteiger partial charge on any atom is -0.399 e. The molecule has 0 aliphatic rings. The minimum atomic E-state index is -0.0574. The third-order valence-electron chi connectivity index (χ3n) is 2.99. The van der Waals surface area contributed by atoms with E-state index in [2.05, 4.69) is 11.6 Å². The van der Waals surface area contributed by atoms with E-state index >= 15 is 0 Å². The Morgan fingerprint density at radius 2 is 2.32 bits per heavy atom. The standard InChI is InChI=1S/C14H15ClN4/c1-9(16)13-6-12(15)8-19(14(13)17)10(2)11-4-3-5-18-7-11/h3-8,10,17H,1,16H2,2H3. The molecule has 2 aromatic rings. The van der Waals surface area contributed by atoms with Crippen molar-refractivity contribution in [1.29, 1.82) is 5.41 Å². The molecule has 0 aliphatic carbocycles. The molecule has 1 atom stereocenters. The minimum absolute atomic E-state index is 0.0574. The van der Waals surface area contributed by atoms with Crippen LogP contribution in [0.15, 0.2) is 43.4 Å². The van der Waals surface area contributed by atoms with E-state index in [0.29, 0.717) is 16.3 Å². The van der Waals surface area contributed by atoms with E-state index in [0.717, 1.165) is 5.56 Å². The molecule has 0 fully saturated rings. The maximum atomic E-state index is 8.20. The van der Waals surface area contributed by atoms with Gasteiger partial charge in [-0.3, -0.25) is 10.4 Å².